The van der Waals surface area contributed by atoms with Gasteiger partial charge in [0.1, 0.15) is 11.9 Å². The summed E-state index contributed by atoms with van der Waals surface area (Å²) in [6.07, 6.45) is -0.270. The summed E-state index contributed by atoms with van der Waals surface area (Å²) in [5.74, 6) is -0.774. The Kier molecular flexibility index (Phi) is 2.78. The Morgan fingerprint density at radius 2 is 2.10 bits per heavy atom. The Morgan fingerprint density at radius 3 is 2.75 bits per heavy atom. The molecule has 1 aromatic heterocycles. The van der Waals surface area contributed by atoms with Crippen LogP contribution in [0.15, 0.2) is 30.3 Å². The molecule has 3 rings (SSSR count). The first-order valence-corrected chi connectivity index (χ1v) is 6.25. The molecule has 20 heavy (non-hydrogen) atoms. The van der Waals surface area contributed by atoms with E-state index in [9.17, 15) is 9.59 Å². The number of aryl methyl sites for hydroxylation is 1. The fourth-order valence-electron chi connectivity index (χ4n) is 2.50. The molecule has 0 spiro atoms. The van der Waals surface area contributed by atoms with E-state index >= 15 is 0 Å². The molecule has 0 unspecified atom stereocenters. The number of carboxylic acids is 1. The van der Waals surface area contributed by atoms with Crippen molar-refractivity contribution in [3.8, 4) is 11.1 Å². The van der Waals surface area contributed by atoms with Gasteiger partial charge in [0, 0.05) is 5.56 Å². The minimum atomic E-state index is -1.02. The number of carboxylic acid groups (broad SMARTS) is 1. The first-order valence-electron chi connectivity index (χ1n) is 6.25. The fourth-order valence-corrected chi connectivity index (χ4v) is 2.50. The molecule has 0 radical (unpaired) electrons. The number of fused-ring (bicyclic) bond motifs is 1. The molecule has 1 amide bonds. The van der Waals surface area contributed by atoms with E-state index in [0.717, 1.165) is 16.8 Å². The molecule has 1 aromatic carbocycles. The summed E-state index contributed by atoms with van der Waals surface area (Å²) in [5, 5.41) is 16.0. The topological polar surface area (TPSA) is 84.2 Å². The van der Waals surface area contributed by atoms with E-state index in [-0.39, 0.29) is 12.3 Å². The van der Waals surface area contributed by atoms with E-state index in [2.05, 4.69) is 10.4 Å². The van der Waals surface area contributed by atoms with E-state index < -0.39 is 12.0 Å². The van der Waals surface area contributed by atoms with Crippen LogP contribution < -0.4 is 5.32 Å². The summed E-state index contributed by atoms with van der Waals surface area (Å²) in [6.45, 7) is 1.84. The average molecular weight is 271 g/mol. The minimum Gasteiger partial charge on any atom is -0.481 e. The number of aromatic nitrogens is 2. The predicted octanol–water partition coefficient (Wildman–Crippen LogP) is 1.83. The van der Waals surface area contributed by atoms with Crippen LogP contribution in [-0.4, -0.2) is 26.8 Å². The van der Waals surface area contributed by atoms with Gasteiger partial charge in [-0.25, -0.2) is 4.68 Å². The van der Waals surface area contributed by atoms with Gasteiger partial charge in [0.15, 0.2) is 0 Å². The van der Waals surface area contributed by atoms with Crippen molar-refractivity contribution in [1.82, 2.24) is 9.78 Å². The van der Waals surface area contributed by atoms with Gasteiger partial charge in [0.25, 0.3) is 5.91 Å². The summed E-state index contributed by atoms with van der Waals surface area (Å²) in [5.41, 5.74) is 2.55. The number of anilines is 1. The van der Waals surface area contributed by atoms with Gasteiger partial charge >= 0.3 is 5.97 Å². The number of rotatable bonds is 3. The van der Waals surface area contributed by atoms with E-state index in [0.29, 0.717) is 5.82 Å². The zero-order valence-corrected chi connectivity index (χ0v) is 10.8. The van der Waals surface area contributed by atoms with Crippen LogP contribution in [0.1, 0.15) is 18.2 Å². The number of carbonyl (C=O) groups excluding carboxylic acids is 1. The summed E-state index contributed by atoms with van der Waals surface area (Å²) in [6, 6.07) is 8.81. The molecule has 2 heterocycles. The van der Waals surface area contributed by atoms with Crippen molar-refractivity contribution in [2.75, 3.05) is 5.32 Å². The molecule has 6 nitrogen and oxygen atoms in total. The van der Waals surface area contributed by atoms with Gasteiger partial charge in [0.05, 0.1) is 12.1 Å². The number of nitrogens with zero attached hydrogens (tertiary/aromatic N) is 2. The van der Waals surface area contributed by atoms with Gasteiger partial charge in [-0.05, 0) is 12.5 Å². The minimum absolute atomic E-state index is 0.270. The zero-order chi connectivity index (χ0) is 14.3. The monoisotopic (exact) mass is 271 g/mol. The van der Waals surface area contributed by atoms with Gasteiger partial charge < -0.3 is 10.4 Å². The van der Waals surface area contributed by atoms with Gasteiger partial charge in [0.2, 0.25) is 0 Å². The lowest BCUT2D eigenvalue weighted by molar-refractivity contribution is -0.139. The number of hydrogen-bond acceptors (Lipinski definition) is 3. The molecule has 1 aliphatic heterocycles. The van der Waals surface area contributed by atoms with E-state index in [4.69, 9.17) is 5.11 Å². The Labute approximate surface area is 115 Å². The fraction of sp³-hybridized carbons (Fsp3) is 0.214. The second kappa shape index (κ2) is 4.48. The second-order valence-electron chi connectivity index (χ2n) is 4.72. The van der Waals surface area contributed by atoms with E-state index in [1.54, 1.807) is 0 Å². The molecule has 6 heteroatoms. The Morgan fingerprint density at radius 1 is 1.40 bits per heavy atom. The molecule has 0 saturated carbocycles. The highest BCUT2D eigenvalue weighted by molar-refractivity contribution is 6.02. The maximum absolute atomic E-state index is 11.9. The highest BCUT2D eigenvalue weighted by Gasteiger charge is 2.36. The third kappa shape index (κ3) is 1.85. The molecule has 0 aliphatic carbocycles. The van der Waals surface area contributed by atoms with E-state index in [1.807, 2.05) is 37.3 Å². The Bertz CT molecular complexity index is 691. The Hall–Kier alpha value is -2.63. The van der Waals surface area contributed by atoms with Gasteiger partial charge in [-0.15, -0.1) is 0 Å². The first kappa shape index (κ1) is 12.4. The smallest absolute Gasteiger partial charge is 0.306 e. The number of nitrogens with one attached hydrogen (secondary N) is 1. The van der Waals surface area contributed by atoms with Crippen molar-refractivity contribution in [3.05, 3.63) is 36.0 Å². The summed E-state index contributed by atoms with van der Waals surface area (Å²) >= 11 is 0. The molecule has 1 atom stereocenters. The van der Waals surface area contributed by atoms with Gasteiger partial charge in [-0.3, -0.25) is 9.59 Å². The summed E-state index contributed by atoms with van der Waals surface area (Å²) < 4.78 is 1.48. The SMILES string of the molecule is Cc1nn2c(c1-c1ccccc1)NC(=O)[C@H]2CC(=O)O. The predicted molar refractivity (Wildman–Crippen MR) is 72.3 cm³/mol. The van der Waals surface area contributed by atoms with Gasteiger partial charge in [-0.1, -0.05) is 30.3 Å². The maximum Gasteiger partial charge on any atom is 0.306 e. The average Bonchev–Trinajstić information content (AvgIpc) is 2.86. The number of carbonyl (C=O) groups is 2. The standard InChI is InChI=1S/C14H13N3O3/c1-8-12(9-5-3-2-4-6-9)13-15-14(20)10(7-11(18)19)17(13)16-8/h2-6,10H,7H2,1H3,(H,15,20)(H,18,19)/t10-/m1/s1. The van der Waals surface area contributed by atoms with Crippen molar-refractivity contribution in [3.63, 3.8) is 0 Å². The van der Waals surface area contributed by atoms with Crippen molar-refractivity contribution in [2.45, 2.75) is 19.4 Å². The third-order valence-corrected chi connectivity index (χ3v) is 3.36. The largest absolute Gasteiger partial charge is 0.481 e. The molecule has 2 N–H and O–H groups in total. The number of hydrogen-bond donors (Lipinski definition) is 2. The number of aliphatic carboxylic acids is 1. The van der Waals surface area contributed by atoms with Crippen LogP contribution in [0.25, 0.3) is 11.1 Å². The van der Waals surface area contributed by atoms with Crippen LogP contribution >= 0.6 is 0 Å². The van der Waals surface area contributed by atoms with Crippen molar-refractivity contribution >= 4 is 17.7 Å². The number of amides is 1. The molecule has 0 saturated heterocycles. The lowest BCUT2D eigenvalue weighted by Crippen LogP contribution is -2.20. The van der Waals surface area contributed by atoms with Crippen LogP contribution in [0.3, 0.4) is 0 Å². The lowest BCUT2D eigenvalue weighted by Gasteiger charge is -2.04. The molecule has 1 aliphatic rings. The van der Waals surface area contributed by atoms with Crippen LogP contribution in [0.2, 0.25) is 0 Å². The number of benzene rings is 1. The van der Waals surface area contributed by atoms with Crippen LogP contribution in [0.4, 0.5) is 5.82 Å². The van der Waals surface area contributed by atoms with Crippen molar-refractivity contribution < 1.29 is 14.7 Å². The van der Waals surface area contributed by atoms with E-state index in [1.165, 1.54) is 4.68 Å². The van der Waals surface area contributed by atoms with Crippen LogP contribution in [-0.2, 0) is 9.59 Å². The summed E-state index contributed by atoms with van der Waals surface area (Å²) in [7, 11) is 0. The second-order valence-corrected chi connectivity index (χ2v) is 4.72. The van der Waals surface area contributed by atoms with Crippen LogP contribution in [0, 0.1) is 6.92 Å². The first-order chi connectivity index (χ1) is 9.58. The molecule has 0 bridgehead atoms. The zero-order valence-electron chi connectivity index (χ0n) is 10.8. The maximum atomic E-state index is 11.9. The molecule has 2 aromatic rings. The Balaban J connectivity index is 2.09. The normalized spacial score (nSPS) is 16.9. The van der Waals surface area contributed by atoms with Gasteiger partial charge in [-0.2, -0.15) is 5.10 Å². The highest BCUT2D eigenvalue weighted by atomic mass is 16.4. The van der Waals surface area contributed by atoms with Crippen LogP contribution in [0.5, 0.6) is 0 Å². The van der Waals surface area contributed by atoms with Crippen molar-refractivity contribution in [1.29, 1.82) is 0 Å². The molecular formula is C14H13N3O3. The summed E-state index contributed by atoms with van der Waals surface area (Å²) in [4.78, 5) is 22.7. The molecular weight excluding hydrogens is 258 g/mol. The molecule has 102 valence electrons. The molecule has 0 fully saturated rings. The quantitative estimate of drug-likeness (QED) is 0.891. The lowest BCUT2D eigenvalue weighted by atomic mass is 10.1. The van der Waals surface area contributed by atoms with Crippen molar-refractivity contribution in [2.24, 2.45) is 0 Å². The highest BCUT2D eigenvalue weighted by Crippen LogP contribution is 2.37. The third-order valence-electron chi connectivity index (χ3n) is 3.36.